The number of hydrogen-bond acceptors (Lipinski definition) is 4. The van der Waals surface area contributed by atoms with Gasteiger partial charge in [0.25, 0.3) is 10.0 Å². The van der Waals surface area contributed by atoms with Gasteiger partial charge in [0.1, 0.15) is 0 Å². The third-order valence-corrected chi connectivity index (χ3v) is 4.65. The van der Waals surface area contributed by atoms with E-state index in [1.54, 1.807) is 31.2 Å². The second-order valence-corrected chi connectivity index (χ2v) is 5.69. The van der Waals surface area contributed by atoms with Crippen LogP contribution in [0.1, 0.15) is 12.5 Å². The molecule has 6 nitrogen and oxygen atoms in total. The summed E-state index contributed by atoms with van der Waals surface area (Å²) in [5, 5.41) is 15.2. The Balaban J connectivity index is 2.49. The SMILES string of the molecule is CCN(c1ccccc1)S(=O)(=O)c1[nH]ncc1CO. The standard InChI is InChI=1S/C12H15N3O3S/c1-2-15(11-6-4-3-5-7-11)19(17,18)12-10(9-16)8-13-14-12/h3-8,16H,2,9H2,1H3,(H,13,14). The number of aliphatic hydroxyl groups is 1. The van der Waals surface area contributed by atoms with Crippen molar-refractivity contribution in [2.75, 3.05) is 10.8 Å². The Kier molecular flexibility index (Phi) is 3.87. The van der Waals surface area contributed by atoms with Gasteiger partial charge in [-0.15, -0.1) is 0 Å². The van der Waals surface area contributed by atoms with Gasteiger partial charge < -0.3 is 5.11 Å². The van der Waals surface area contributed by atoms with Crippen molar-refractivity contribution in [3.8, 4) is 0 Å². The van der Waals surface area contributed by atoms with Crippen LogP contribution in [0.4, 0.5) is 5.69 Å². The number of benzene rings is 1. The number of H-pyrrole nitrogens is 1. The van der Waals surface area contributed by atoms with Crippen LogP contribution in [-0.2, 0) is 16.6 Å². The van der Waals surface area contributed by atoms with Gasteiger partial charge in [-0.1, -0.05) is 18.2 Å². The summed E-state index contributed by atoms with van der Waals surface area (Å²) < 4.78 is 26.4. The smallest absolute Gasteiger partial charge is 0.281 e. The zero-order chi connectivity index (χ0) is 13.9. The molecule has 7 heteroatoms. The fourth-order valence-electron chi connectivity index (χ4n) is 1.83. The van der Waals surface area contributed by atoms with Crippen molar-refractivity contribution in [2.45, 2.75) is 18.6 Å². The van der Waals surface area contributed by atoms with Crippen molar-refractivity contribution in [1.82, 2.24) is 10.2 Å². The van der Waals surface area contributed by atoms with Gasteiger partial charge in [-0.3, -0.25) is 9.40 Å². The molecule has 0 saturated heterocycles. The van der Waals surface area contributed by atoms with Crippen LogP contribution < -0.4 is 4.31 Å². The number of anilines is 1. The topological polar surface area (TPSA) is 86.3 Å². The number of rotatable bonds is 5. The molecule has 0 aliphatic carbocycles. The summed E-state index contributed by atoms with van der Waals surface area (Å²) in [5.41, 5.74) is 0.831. The maximum absolute atomic E-state index is 12.5. The van der Waals surface area contributed by atoms with Crippen LogP contribution in [0, 0.1) is 0 Å². The number of para-hydroxylation sites is 1. The molecule has 0 fully saturated rings. The number of hydrogen-bond donors (Lipinski definition) is 2. The highest BCUT2D eigenvalue weighted by atomic mass is 32.2. The first kappa shape index (κ1) is 13.6. The lowest BCUT2D eigenvalue weighted by atomic mass is 10.3. The Hall–Kier alpha value is -1.86. The van der Waals surface area contributed by atoms with Gasteiger partial charge in [0.2, 0.25) is 0 Å². The van der Waals surface area contributed by atoms with Gasteiger partial charge in [-0.05, 0) is 19.1 Å². The Morgan fingerprint density at radius 3 is 2.58 bits per heavy atom. The van der Waals surface area contributed by atoms with Gasteiger partial charge in [0, 0.05) is 12.1 Å². The van der Waals surface area contributed by atoms with E-state index >= 15 is 0 Å². The monoisotopic (exact) mass is 281 g/mol. The Bertz CT molecular complexity index is 637. The molecule has 102 valence electrons. The first-order valence-corrected chi connectivity index (χ1v) is 7.26. The van der Waals surface area contributed by atoms with E-state index in [4.69, 9.17) is 5.11 Å². The van der Waals surface area contributed by atoms with Crippen LogP contribution >= 0.6 is 0 Å². The largest absolute Gasteiger partial charge is 0.392 e. The zero-order valence-corrected chi connectivity index (χ0v) is 11.3. The Morgan fingerprint density at radius 1 is 1.32 bits per heavy atom. The molecule has 0 aliphatic heterocycles. The van der Waals surface area contributed by atoms with E-state index in [1.807, 2.05) is 6.07 Å². The minimum Gasteiger partial charge on any atom is -0.392 e. The zero-order valence-electron chi connectivity index (χ0n) is 10.4. The number of nitrogens with zero attached hydrogens (tertiary/aromatic N) is 2. The van der Waals surface area contributed by atoms with Crippen molar-refractivity contribution < 1.29 is 13.5 Å². The maximum Gasteiger partial charge on any atom is 0.281 e. The fraction of sp³-hybridized carbons (Fsp3) is 0.250. The van der Waals surface area contributed by atoms with E-state index in [-0.39, 0.29) is 23.7 Å². The van der Waals surface area contributed by atoms with Crippen molar-refractivity contribution in [3.63, 3.8) is 0 Å². The molecule has 2 rings (SSSR count). The normalized spacial score (nSPS) is 11.5. The van der Waals surface area contributed by atoms with Crippen LogP contribution in [0.5, 0.6) is 0 Å². The Labute approximate surface area is 111 Å². The second-order valence-electron chi connectivity index (χ2n) is 3.89. The first-order valence-electron chi connectivity index (χ1n) is 5.82. The number of sulfonamides is 1. The lowest BCUT2D eigenvalue weighted by Crippen LogP contribution is -2.31. The molecule has 1 aromatic heterocycles. The third-order valence-electron chi connectivity index (χ3n) is 2.73. The average molecular weight is 281 g/mol. The van der Waals surface area contributed by atoms with E-state index < -0.39 is 10.0 Å². The molecule has 1 heterocycles. The summed E-state index contributed by atoms with van der Waals surface area (Å²) in [5.74, 6) is 0. The number of nitrogens with one attached hydrogen (secondary N) is 1. The molecule has 0 unspecified atom stereocenters. The predicted molar refractivity (Wildman–Crippen MR) is 71.2 cm³/mol. The summed E-state index contributed by atoms with van der Waals surface area (Å²) in [7, 11) is -3.75. The maximum atomic E-state index is 12.5. The highest BCUT2D eigenvalue weighted by Crippen LogP contribution is 2.23. The van der Waals surface area contributed by atoms with E-state index in [1.165, 1.54) is 10.5 Å². The molecule has 0 aliphatic rings. The third kappa shape index (κ3) is 2.47. The summed E-state index contributed by atoms with van der Waals surface area (Å²) in [6, 6.07) is 8.80. The van der Waals surface area contributed by atoms with Crippen LogP contribution in [-0.4, -0.2) is 30.3 Å². The highest BCUT2D eigenvalue weighted by Gasteiger charge is 2.27. The summed E-state index contributed by atoms with van der Waals surface area (Å²) >= 11 is 0. The molecule has 2 aromatic rings. The minimum absolute atomic E-state index is 0.0688. The van der Waals surface area contributed by atoms with E-state index in [0.29, 0.717) is 5.69 Å². The first-order chi connectivity index (χ1) is 9.11. The molecule has 0 atom stereocenters. The van der Waals surface area contributed by atoms with Gasteiger partial charge >= 0.3 is 0 Å². The Morgan fingerprint density at radius 2 is 2.00 bits per heavy atom. The van der Waals surface area contributed by atoms with Crippen LogP contribution in [0.2, 0.25) is 0 Å². The van der Waals surface area contributed by atoms with E-state index in [0.717, 1.165) is 0 Å². The van der Waals surface area contributed by atoms with Crippen LogP contribution in [0.25, 0.3) is 0 Å². The molecule has 1 aromatic carbocycles. The molecule has 19 heavy (non-hydrogen) atoms. The lowest BCUT2D eigenvalue weighted by molar-refractivity contribution is 0.278. The van der Waals surface area contributed by atoms with Crippen molar-refractivity contribution in [2.24, 2.45) is 0 Å². The molecular weight excluding hydrogens is 266 g/mol. The van der Waals surface area contributed by atoms with E-state index in [2.05, 4.69) is 10.2 Å². The van der Waals surface area contributed by atoms with Gasteiger partial charge in [-0.2, -0.15) is 13.5 Å². The predicted octanol–water partition coefficient (Wildman–Crippen LogP) is 1.12. The van der Waals surface area contributed by atoms with Gasteiger partial charge in [0.15, 0.2) is 5.03 Å². The fourth-order valence-corrected chi connectivity index (χ4v) is 3.41. The van der Waals surface area contributed by atoms with Gasteiger partial charge in [-0.25, -0.2) is 0 Å². The van der Waals surface area contributed by atoms with Crippen molar-refractivity contribution >= 4 is 15.7 Å². The molecule has 0 amide bonds. The lowest BCUT2D eigenvalue weighted by Gasteiger charge is -2.22. The quantitative estimate of drug-likeness (QED) is 0.859. The van der Waals surface area contributed by atoms with Gasteiger partial charge in [0.05, 0.1) is 18.5 Å². The van der Waals surface area contributed by atoms with E-state index in [9.17, 15) is 8.42 Å². The summed E-state index contributed by atoms with van der Waals surface area (Å²) in [6.07, 6.45) is 1.31. The molecule has 0 bridgehead atoms. The van der Waals surface area contributed by atoms with Crippen LogP contribution in [0.3, 0.4) is 0 Å². The summed E-state index contributed by atoms with van der Waals surface area (Å²) in [4.78, 5) is 0. The van der Waals surface area contributed by atoms with Crippen LogP contribution in [0.15, 0.2) is 41.6 Å². The molecule has 0 saturated carbocycles. The average Bonchev–Trinajstić information content (AvgIpc) is 2.89. The second kappa shape index (κ2) is 5.41. The minimum atomic E-state index is -3.75. The van der Waals surface area contributed by atoms with Crippen molar-refractivity contribution in [3.05, 3.63) is 42.1 Å². The number of aliphatic hydroxyl groups excluding tert-OH is 1. The molecule has 0 radical (unpaired) electrons. The molecule has 0 spiro atoms. The summed E-state index contributed by atoms with van der Waals surface area (Å²) in [6.45, 7) is 1.66. The number of aromatic nitrogens is 2. The number of aromatic amines is 1. The van der Waals surface area contributed by atoms with Crippen molar-refractivity contribution in [1.29, 1.82) is 0 Å². The highest BCUT2D eigenvalue weighted by molar-refractivity contribution is 7.92. The molecular formula is C12H15N3O3S. The molecule has 2 N–H and O–H groups in total.